The molecule has 8 heteroatoms. The third-order valence-corrected chi connectivity index (χ3v) is 6.54. The highest BCUT2D eigenvalue weighted by atomic mass is 32.2. The standard InChI is InChI=1S/C24H28N2O5S/c1-18(2)31-24-23(6-5-15-25-24)32(27,28)26(16-19-7-11-21(29-3)12-8-19)17-20-9-13-22(30-4)14-10-20/h5-15,18H,16-17H2,1-4H3. The highest BCUT2D eigenvalue weighted by Gasteiger charge is 2.29. The van der Waals surface area contributed by atoms with Crippen LogP contribution in [-0.4, -0.2) is 38.0 Å². The summed E-state index contributed by atoms with van der Waals surface area (Å²) in [5.41, 5.74) is 1.66. The van der Waals surface area contributed by atoms with E-state index >= 15 is 0 Å². The summed E-state index contributed by atoms with van der Waals surface area (Å²) in [5.74, 6) is 1.51. The summed E-state index contributed by atoms with van der Waals surface area (Å²) in [6, 6.07) is 17.8. The highest BCUT2D eigenvalue weighted by Crippen LogP contribution is 2.28. The number of rotatable bonds is 10. The largest absolute Gasteiger partial charge is 0.497 e. The second-order valence-corrected chi connectivity index (χ2v) is 9.35. The van der Waals surface area contributed by atoms with Gasteiger partial charge in [0, 0.05) is 19.3 Å². The van der Waals surface area contributed by atoms with E-state index in [-0.39, 0.29) is 30.0 Å². The van der Waals surface area contributed by atoms with Crippen LogP contribution in [-0.2, 0) is 23.1 Å². The van der Waals surface area contributed by atoms with Gasteiger partial charge in [-0.25, -0.2) is 13.4 Å². The van der Waals surface area contributed by atoms with E-state index in [9.17, 15) is 8.42 Å². The molecule has 3 aromatic rings. The zero-order valence-corrected chi connectivity index (χ0v) is 19.5. The molecule has 7 nitrogen and oxygen atoms in total. The molecule has 0 aliphatic carbocycles. The average Bonchev–Trinajstić information content (AvgIpc) is 2.79. The minimum Gasteiger partial charge on any atom is -0.497 e. The Morgan fingerprint density at radius 1 is 0.844 bits per heavy atom. The fraction of sp³-hybridized carbons (Fsp3) is 0.292. The molecule has 0 spiro atoms. The van der Waals surface area contributed by atoms with Crippen LogP contribution in [0.5, 0.6) is 17.4 Å². The summed E-state index contributed by atoms with van der Waals surface area (Å²) in [4.78, 5) is 4.20. The summed E-state index contributed by atoms with van der Waals surface area (Å²) in [6.45, 7) is 4.01. The van der Waals surface area contributed by atoms with Gasteiger partial charge in [-0.1, -0.05) is 24.3 Å². The molecule has 0 saturated carbocycles. The molecular formula is C24H28N2O5S. The van der Waals surface area contributed by atoms with Crippen molar-refractivity contribution in [3.05, 3.63) is 78.0 Å². The van der Waals surface area contributed by atoms with E-state index in [2.05, 4.69) is 4.98 Å². The van der Waals surface area contributed by atoms with Crippen molar-refractivity contribution >= 4 is 10.0 Å². The molecule has 170 valence electrons. The molecular weight excluding hydrogens is 428 g/mol. The van der Waals surface area contributed by atoms with Gasteiger partial charge < -0.3 is 14.2 Å². The lowest BCUT2D eigenvalue weighted by molar-refractivity contribution is 0.225. The van der Waals surface area contributed by atoms with Crippen molar-refractivity contribution in [1.82, 2.24) is 9.29 Å². The van der Waals surface area contributed by atoms with Crippen LogP contribution < -0.4 is 14.2 Å². The van der Waals surface area contributed by atoms with Gasteiger partial charge in [0.2, 0.25) is 15.9 Å². The Kier molecular flexibility index (Phi) is 7.71. The molecule has 0 unspecified atom stereocenters. The first-order valence-electron chi connectivity index (χ1n) is 10.2. The Bertz CT molecular complexity index is 1060. The van der Waals surface area contributed by atoms with E-state index in [1.807, 2.05) is 62.4 Å². The lowest BCUT2D eigenvalue weighted by Crippen LogP contribution is -2.31. The van der Waals surface area contributed by atoms with Crippen molar-refractivity contribution < 1.29 is 22.6 Å². The number of pyridine rings is 1. The predicted octanol–water partition coefficient (Wildman–Crippen LogP) is 4.28. The number of ether oxygens (including phenoxy) is 3. The van der Waals surface area contributed by atoms with Crippen LogP contribution in [0.3, 0.4) is 0 Å². The van der Waals surface area contributed by atoms with Gasteiger partial charge in [0.15, 0.2) is 0 Å². The SMILES string of the molecule is COc1ccc(CN(Cc2ccc(OC)cc2)S(=O)(=O)c2cccnc2OC(C)C)cc1. The van der Waals surface area contributed by atoms with Crippen molar-refractivity contribution in [3.63, 3.8) is 0 Å². The van der Waals surface area contributed by atoms with E-state index in [4.69, 9.17) is 14.2 Å². The summed E-state index contributed by atoms with van der Waals surface area (Å²) >= 11 is 0. The number of benzene rings is 2. The Balaban J connectivity index is 1.99. The summed E-state index contributed by atoms with van der Waals surface area (Å²) in [5, 5.41) is 0. The third-order valence-electron chi connectivity index (χ3n) is 4.74. The predicted molar refractivity (Wildman–Crippen MR) is 122 cm³/mol. The van der Waals surface area contributed by atoms with Gasteiger partial charge in [0.05, 0.1) is 20.3 Å². The topological polar surface area (TPSA) is 78.0 Å². The van der Waals surface area contributed by atoms with Crippen LogP contribution >= 0.6 is 0 Å². The number of sulfonamides is 1. The molecule has 32 heavy (non-hydrogen) atoms. The van der Waals surface area contributed by atoms with Gasteiger partial charge in [0.25, 0.3) is 0 Å². The molecule has 0 saturated heterocycles. The first-order chi connectivity index (χ1) is 15.3. The molecule has 0 amide bonds. The normalized spacial score (nSPS) is 11.6. The second kappa shape index (κ2) is 10.5. The van der Waals surface area contributed by atoms with Crippen LogP contribution in [0.1, 0.15) is 25.0 Å². The fourth-order valence-corrected chi connectivity index (χ4v) is 4.61. The van der Waals surface area contributed by atoms with Gasteiger partial charge in [-0.05, 0) is 61.4 Å². The number of hydrogen-bond acceptors (Lipinski definition) is 6. The van der Waals surface area contributed by atoms with Crippen LogP contribution in [0.25, 0.3) is 0 Å². The third kappa shape index (κ3) is 5.77. The average molecular weight is 457 g/mol. The van der Waals surface area contributed by atoms with Gasteiger partial charge >= 0.3 is 0 Å². The fourth-order valence-electron chi connectivity index (χ4n) is 3.12. The molecule has 2 aromatic carbocycles. The van der Waals surface area contributed by atoms with Crippen molar-refractivity contribution in [2.45, 2.75) is 37.9 Å². The Morgan fingerprint density at radius 2 is 1.34 bits per heavy atom. The first-order valence-corrected chi connectivity index (χ1v) is 11.6. The molecule has 0 aliphatic heterocycles. The minimum absolute atomic E-state index is 0.0377. The zero-order chi connectivity index (χ0) is 23.1. The maximum atomic E-state index is 13.7. The van der Waals surface area contributed by atoms with Gasteiger partial charge in [-0.15, -0.1) is 0 Å². The quantitative estimate of drug-likeness (QED) is 0.453. The van der Waals surface area contributed by atoms with Crippen LogP contribution in [0, 0.1) is 0 Å². The number of aromatic nitrogens is 1. The molecule has 0 bridgehead atoms. The van der Waals surface area contributed by atoms with Crippen molar-refractivity contribution in [2.75, 3.05) is 14.2 Å². The van der Waals surface area contributed by atoms with Crippen LogP contribution in [0.4, 0.5) is 0 Å². The minimum atomic E-state index is -3.92. The molecule has 1 aromatic heterocycles. The monoisotopic (exact) mass is 456 g/mol. The van der Waals surface area contributed by atoms with Gasteiger partial charge in [-0.3, -0.25) is 0 Å². The lowest BCUT2D eigenvalue weighted by Gasteiger charge is -2.24. The molecule has 0 N–H and O–H groups in total. The number of nitrogens with zero attached hydrogens (tertiary/aromatic N) is 2. The van der Waals surface area contributed by atoms with E-state index in [0.29, 0.717) is 11.5 Å². The summed E-state index contributed by atoms with van der Waals surface area (Å²) in [6.07, 6.45) is 1.31. The van der Waals surface area contributed by atoms with Crippen molar-refractivity contribution in [1.29, 1.82) is 0 Å². The molecule has 0 radical (unpaired) electrons. The van der Waals surface area contributed by atoms with E-state index in [1.54, 1.807) is 20.3 Å². The number of methoxy groups -OCH3 is 2. The maximum Gasteiger partial charge on any atom is 0.249 e. The Hall–Kier alpha value is -3.10. The number of hydrogen-bond donors (Lipinski definition) is 0. The highest BCUT2D eigenvalue weighted by molar-refractivity contribution is 7.89. The van der Waals surface area contributed by atoms with Crippen molar-refractivity contribution in [2.24, 2.45) is 0 Å². The summed E-state index contributed by atoms with van der Waals surface area (Å²) in [7, 11) is -0.739. The Morgan fingerprint density at radius 3 is 1.78 bits per heavy atom. The lowest BCUT2D eigenvalue weighted by atomic mass is 10.2. The molecule has 0 fully saturated rings. The smallest absolute Gasteiger partial charge is 0.249 e. The zero-order valence-electron chi connectivity index (χ0n) is 18.7. The first kappa shape index (κ1) is 23.6. The summed E-state index contributed by atoms with van der Waals surface area (Å²) < 4.78 is 45.0. The van der Waals surface area contributed by atoms with Crippen molar-refractivity contribution in [3.8, 4) is 17.4 Å². The van der Waals surface area contributed by atoms with Gasteiger partial charge in [-0.2, -0.15) is 4.31 Å². The van der Waals surface area contributed by atoms with E-state index < -0.39 is 10.0 Å². The molecule has 1 heterocycles. The molecule has 3 rings (SSSR count). The van der Waals surface area contributed by atoms with Gasteiger partial charge in [0.1, 0.15) is 16.4 Å². The van der Waals surface area contributed by atoms with E-state index in [1.165, 1.54) is 16.6 Å². The molecule has 0 aliphatic rings. The van der Waals surface area contributed by atoms with Crippen LogP contribution in [0.2, 0.25) is 0 Å². The molecule has 0 atom stereocenters. The van der Waals surface area contributed by atoms with Crippen LogP contribution in [0.15, 0.2) is 71.8 Å². The Labute approximate surface area is 189 Å². The maximum absolute atomic E-state index is 13.7. The second-order valence-electron chi connectivity index (χ2n) is 7.44. The van der Waals surface area contributed by atoms with E-state index in [0.717, 1.165) is 11.1 Å².